The average Bonchev–Trinajstić information content (AvgIpc) is 3.04. The normalized spacial score (nSPS) is 20.8. The number of hydrogen-bond acceptors (Lipinski definition) is 4. The lowest BCUT2D eigenvalue weighted by atomic mass is 10.0. The first-order chi connectivity index (χ1) is 12.6. The quantitative estimate of drug-likeness (QED) is 0.470. The Balaban J connectivity index is 2.13. The summed E-state index contributed by atoms with van der Waals surface area (Å²) in [6, 6.07) is -0.530. The standard InChI is InChI=1S/C18H24BrClFN3O2S/c1-10(23-27(25)18(2,3)4)13-16(21)15(20)14(19)11-9-22-24(17(11)13)12-7-5-6-8-26-12/h9-10,12,23H,5-8H2,1-4H3/t10-,12?,27-/m0/s1. The Hall–Kier alpha value is -0.380. The molecule has 1 aliphatic heterocycles. The van der Waals surface area contributed by atoms with Crippen LogP contribution in [-0.4, -0.2) is 25.7 Å². The van der Waals surface area contributed by atoms with E-state index in [1.54, 1.807) is 17.8 Å². The molecule has 3 atom stereocenters. The van der Waals surface area contributed by atoms with Crippen molar-refractivity contribution in [2.24, 2.45) is 0 Å². The summed E-state index contributed by atoms with van der Waals surface area (Å²) in [4.78, 5) is 0. The lowest BCUT2D eigenvalue weighted by Gasteiger charge is -2.28. The van der Waals surface area contributed by atoms with Crippen LogP contribution in [0.3, 0.4) is 0 Å². The molecular formula is C18H24BrClFN3O2S. The minimum atomic E-state index is -1.36. The highest BCUT2D eigenvalue weighted by Crippen LogP contribution is 2.41. The topological polar surface area (TPSA) is 62.1 Å². The van der Waals surface area contributed by atoms with Gasteiger partial charge in [-0.15, -0.1) is 4.72 Å². The number of rotatable bonds is 4. The molecule has 5 nitrogen and oxygen atoms in total. The first-order valence-corrected chi connectivity index (χ1v) is 11.3. The third kappa shape index (κ3) is 4.16. The summed E-state index contributed by atoms with van der Waals surface area (Å²) in [6.45, 7) is 8.03. The molecule has 2 aromatic rings. The molecule has 1 aliphatic rings. The fourth-order valence-electron chi connectivity index (χ4n) is 3.15. The van der Waals surface area contributed by atoms with E-state index in [0.29, 0.717) is 27.5 Å². The average molecular weight is 481 g/mol. The smallest absolute Gasteiger partial charge is 0.150 e. The van der Waals surface area contributed by atoms with E-state index in [2.05, 4.69) is 25.8 Å². The van der Waals surface area contributed by atoms with E-state index in [1.807, 2.05) is 20.8 Å². The van der Waals surface area contributed by atoms with Crippen LogP contribution in [0.15, 0.2) is 10.7 Å². The van der Waals surface area contributed by atoms with Crippen LogP contribution in [0.4, 0.5) is 4.39 Å². The third-order valence-corrected chi connectivity index (χ3v) is 7.70. The number of hydrogen-bond donors (Lipinski definition) is 1. The fraction of sp³-hybridized carbons (Fsp3) is 0.611. The highest BCUT2D eigenvalue weighted by atomic mass is 79.9. The highest BCUT2D eigenvalue weighted by molar-refractivity contribution is 9.10. The minimum Gasteiger partial charge on any atom is -0.598 e. The summed E-state index contributed by atoms with van der Waals surface area (Å²) in [6.07, 6.45) is 4.27. The molecule has 3 rings (SSSR count). The van der Waals surface area contributed by atoms with Crippen LogP contribution in [0.25, 0.3) is 10.9 Å². The van der Waals surface area contributed by atoms with Crippen molar-refractivity contribution in [2.45, 2.75) is 64.0 Å². The number of nitrogens with zero attached hydrogens (tertiary/aromatic N) is 2. The van der Waals surface area contributed by atoms with E-state index < -0.39 is 28.0 Å². The van der Waals surface area contributed by atoms with Gasteiger partial charge < -0.3 is 9.29 Å². The van der Waals surface area contributed by atoms with Crippen molar-refractivity contribution in [3.63, 3.8) is 0 Å². The molecule has 1 aromatic carbocycles. The van der Waals surface area contributed by atoms with E-state index in [-0.39, 0.29) is 11.3 Å². The molecule has 0 spiro atoms. The van der Waals surface area contributed by atoms with E-state index in [9.17, 15) is 4.55 Å². The van der Waals surface area contributed by atoms with Gasteiger partial charge in [0, 0.05) is 28.9 Å². The summed E-state index contributed by atoms with van der Waals surface area (Å²) < 4.78 is 38.4. The maximum atomic E-state index is 15.2. The zero-order chi connectivity index (χ0) is 19.9. The lowest BCUT2D eigenvalue weighted by Crippen LogP contribution is -2.40. The van der Waals surface area contributed by atoms with Crippen LogP contribution in [-0.2, 0) is 16.1 Å². The third-order valence-electron chi connectivity index (χ3n) is 4.61. The molecule has 1 aromatic heterocycles. The van der Waals surface area contributed by atoms with Gasteiger partial charge in [0.05, 0.1) is 27.3 Å². The van der Waals surface area contributed by atoms with Gasteiger partial charge in [0.15, 0.2) is 6.23 Å². The minimum absolute atomic E-state index is 0.00296. The van der Waals surface area contributed by atoms with E-state index in [4.69, 9.17) is 16.3 Å². The van der Waals surface area contributed by atoms with Gasteiger partial charge in [-0.25, -0.2) is 9.07 Å². The van der Waals surface area contributed by atoms with Gasteiger partial charge in [-0.3, -0.25) is 0 Å². The van der Waals surface area contributed by atoms with E-state index in [1.165, 1.54) is 0 Å². The summed E-state index contributed by atoms with van der Waals surface area (Å²) in [5.41, 5.74) is 0.962. The molecule has 1 N–H and O–H groups in total. The Morgan fingerprint density at radius 3 is 2.78 bits per heavy atom. The fourth-order valence-corrected chi connectivity index (χ4v) is 4.61. The predicted molar refractivity (Wildman–Crippen MR) is 111 cm³/mol. The molecule has 1 saturated heterocycles. The lowest BCUT2D eigenvalue weighted by molar-refractivity contribution is -0.0367. The maximum Gasteiger partial charge on any atom is 0.150 e. The van der Waals surface area contributed by atoms with Crippen molar-refractivity contribution < 1.29 is 13.7 Å². The highest BCUT2D eigenvalue weighted by Gasteiger charge is 2.33. The van der Waals surface area contributed by atoms with E-state index >= 15 is 4.39 Å². The summed E-state index contributed by atoms with van der Waals surface area (Å²) in [7, 11) is 0. The second-order valence-corrected chi connectivity index (χ2v) is 10.9. The molecule has 1 fully saturated rings. The van der Waals surface area contributed by atoms with Gasteiger partial charge in [-0.1, -0.05) is 11.6 Å². The van der Waals surface area contributed by atoms with Gasteiger partial charge in [0.2, 0.25) is 0 Å². The molecule has 9 heteroatoms. The molecule has 0 saturated carbocycles. The van der Waals surface area contributed by atoms with Gasteiger partial charge in [-0.05, 0) is 62.9 Å². The first kappa shape index (κ1) is 21.3. The Bertz CT molecular complexity index is 836. The van der Waals surface area contributed by atoms with Crippen LogP contribution in [0.1, 0.15) is 64.8 Å². The van der Waals surface area contributed by atoms with Crippen LogP contribution in [0, 0.1) is 5.82 Å². The Morgan fingerprint density at radius 1 is 1.48 bits per heavy atom. The number of benzene rings is 1. The van der Waals surface area contributed by atoms with Gasteiger partial charge >= 0.3 is 0 Å². The van der Waals surface area contributed by atoms with Crippen LogP contribution >= 0.6 is 27.5 Å². The van der Waals surface area contributed by atoms with Crippen molar-refractivity contribution in [3.05, 3.63) is 27.1 Å². The molecule has 0 amide bonds. The van der Waals surface area contributed by atoms with E-state index in [0.717, 1.165) is 19.3 Å². The Labute approximate surface area is 175 Å². The first-order valence-electron chi connectivity index (χ1n) is 8.96. The van der Waals surface area contributed by atoms with Crippen LogP contribution in [0.2, 0.25) is 5.02 Å². The molecular weight excluding hydrogens is 457 g/mol. The number of nitrogens with one attached hydrogen (secondary N) is 1. The second-order valence-electron chi connectivity index (χ2n) is 7.75. The van der Waals surface area contributed by atoms with Gasteiger partial charge in [0.25, 0.3) is 0 Å². The number of fused-ring (bicyclic) bond motifs is 1. The number of ether oxygens (including phenoxy) is 1. The van der Waals surface area contributed by atoms with Crippen molar-refractivity contribution in [2.75, 3.05) is 6.61 Å². The summed E-state index contributed by atoms with van der Waals surface area (Å²) in [5.74, 6) is -0.542. The summed E-state index contributed by atoms with van der Waals surface area (Å²) >= 11 is 8.26. The largest absolute Gasteiger partial charge is 0.598 e. The van der Waals surface area contributed by atoms with Crippen molar-refractivity contribution in [1.82, 2.24) is 14.5 Å². The monoisotopic (exact) mass is 479 g/mol. The number of aromatic nitrogens is 2. The van der Waals surface area contributed by atoms with Crippen molar-refractivity contribution in [3.8, 4) is 0 Å². The molecule has 0 aliphatic carbocycles. The van der Waals surface area contributed by atoms with Crippen molar-refractivity contribution >= 4 is 49.8 Å². The summed E-state index contributed by atoms with van der Waals surface area (Å²) in [5, 5.41) is 5.17. The van der Waals surface area contributed by atoms with Crippen LogP contribution in [0.5, 0.6) is 0 Å². The maximum absolute atomic E-state index is 15.2. The molecule has 27 heavy (non-hydrogen) atoms. The molecule has 150 valence electrons. The Kier molecular flexibility index (Phi) is 6.45. The van der Waals surface area contributed by atoms with Gasteiger partial charge in [0.1, 0.15) is 10.6 Å². The van der Waals surface area contributed by atoms with Crippen molar-refractivity contribution in [1.29, 1.82) is 0 Å². The molecule has 0 radical (unpaired) electrons. The van der Waals surface area contributed by atoms with Crippen LogP contribution < -0.4 is 4.72 Å². The zero-order valence-corrected chi connectivity index (χ0v) is 19.0. The Morgan fingerprint density at radius 2 is 2.19 bits per heavy atom. The van der Waals surface area contributed by atoms with Gasteiger partial charge in [-0.2, -0.15) is 5.10 Å². The SMILES string of the molecule is C[C@H](N[S@@+]([O-])C(C)(C)C)c1c(F)c(Cl)c(Br)c2cnn(C3CCCCO3)c12. The molecule has 2 heterocycles. The molecule has 1 unspecified atom stereocenters. The zero-order valence-electron chi connectivity index (χ0n) is 15.8. The predicted octanol–water partition coefficient (Wildman–Crippen LogP) is 5.40. The second kappa shape index (κ2) is 8.16. The molecule has 0 bridgehead atoms. The number of halogens is 3.